The van der Waals surface area contributed by atoms with Crippen molar-refractivity contribution in [2.45, 2.75) is 9.79 Å². The fourth-order valence-corrected chi connectivity index (χ4v) is 2.46. The summed E-state index contributed by atoms with van der Waals surface area (Å²) in [6, 6.07) is 7.04. The molecule has 0 saturated heterocycles. The van der Waals surface area contributed by atoms with Gasteiger partial charge in [-0.3, -0.25) is 0 Å². The topological polar surface area (TPSA) is 52.0 Å². The van der Waals surface area contributed by atoms with Crippen molar-refractivity contribution in [3.63, 3.8) is 0 Å². The monoisotopic (exact) mass is 286 g/mol. The minimum Gasteiger partial charge on any atom is -0.398 e. The number of rotatable bonds is 2. The van der Waals surface area contributed by atoms with E-state index in [1.165, 1.54) is 30.3 Å². The van der Waals surface area contributed by atoms with Crippen LogP contribution >= 0.6 is 23.4 Å². The maximum atomic E-state index is 13.9. The molecule has 0 aliphatic rings. The van der Waals surface area contributed by atoms with Crippen molar-refractivity contribution in [2.75, 3.05) is 11.5 Å². The van der Waals surface area contributed by atoms with Gasteiger partial charge in [0.1, 0.15) is 10.8 Å². The van der Waals surface area contributed by atoms with Crippen LogP contribution in [0.15, 0.2) is 40.1 Å². The van der Waals surface area contributed by atoms with E-state index in [2.05, 4.69) is 0 Å². The molecule has 2 aromatic rings. The summed E-state index contributed by atoms with van der Waals surface area (Å²) in [5.41, 5.74) is 11.5. The molecule has 0 spiro atoms. The first kappa shape index (κ1) is 13.0. The molecule has 0 unspecified atom stereocenters. The van der Waals surface area contributed by atoms with Crippen molar-refractivity contribution in [1.29, 1.82) is 0 Å². The number of benzene rings is 2. The lowest BCUT2D eigenvalue weighted by Crippen LogP contribution is -1.98. The number of nitrogen functional groups attached to an aromatic ring is 2. The number of hydrogen-bond donors (Lipinski definition) is 2. The zero-order valence-electron chi connectivity index (χ0n) is 9.08. The molecule has 4 N–H and O–H groups in total. The van der Waals surface area contributed by atoms with Gasteiger partial charge in [-0.2, -0.15) is 0 Å². The molecule has 0 atom stereocenters. The first-order valence-corrected chi connectivity index (χ1v) is 6.15. The average molecular weight is 287 g/mol. The van der Waals surface area contributed by atoms with E-state index in [9.17, 15) is 8.78 Å². The second-order valence-corrected chi connectivity index (χ2v) is 5.03. The van der Waals surface area contributed by atoms with Gasteiger partial charge in [0.15, 0.2) is 5.82 Å². The lowest BCUT2D eigenvalue weighted by molar-refractivity contribution is 0.604. The Bertz CT molecular complexity index is 588. The van der Waals surface area contributed by atoms with Gasteiger partial charge in [0.25, 0.3) is 0 Å². The Kier molecular flexibility index (Phi) is 3.63. The van der Waals surface area contributed by atoms with Crippen LogP contribution in [0.4, 0.5) is 20.2 Å². The minimum atomic E-state index is -0.663. The Morgan fingerprint density at radius 1 is 1.00 bits per heavy atom. The highest BCUT2D eigenvalue weighted by Gasteiger charge is 2.15. The molecule has 2 rings (SSSR count). The van der Waals surface area contributed by atoms with E-state index in [-0.39, 0.29) is 27.1 Å². The largest absolute Gasteiger partial charge is 0.398 e. The van der Waals surface area contributed by atoms with Crippen molar-refractivity contribution in [3.8, 4) is 0 Å². The van der Waals surface area contributed by atoms with E-state index in [0.29, 0.717) is 4.90 Å². The highest BCUT2D eigenvalue weighted by Crippen LogP contribution is 2.39. The average Bonchev–Trinajstić information content (AvgIpc) is 2.34. The smallest absolute Gasteiger partial charge is 0.159 e. The fourth-order valence-electron chi connectivity index (χ4n) is 1.37. The second-order valence-electron chi connectivity index (χ2n) is 3.57. The third kappa shape index (κ3) is 2.52. The SMILES string of the molecule is Nc1cc(N)c(Sc2ccc(F)cc2)c(F)c1Cl. The van der Waals surface area contributed by atoms with Crippen LogP contribution in [-0.2, 0) is 0 Å². The zero-order valence-corrected chi connectivity index (χ0v) is 10.7. The molecule has 2 nitrogen and oxygen atoms in total. The van der Waals surface area contributed by atoms with Crippen LogP contribution in [0.1, 0.15) is 0 Å². The highest BCUT2D eigenvalue weighted by atomic mass is 35.5. The molecular formula is C12H9ClF2N2S. The van der Waals surface area contributed by atoms with E-state index in [1.807, 2.05) is 0 Å². The zero-order chi connectivity index (χ0) is 13.3. The molecule has 0 amide bonds. The number of hydrogen-bond acceptors (Lipinski definition) is 3. The Hall–Kier alpha value is -1.46. The molecule has 0 aliphatic heterocycles. The molecule has 0 radical (unpaired) electrons. The first-order valence-electron chi connectivity index (χ1n) is 4.95. The van der Waals surface area contributed by atoms with Crippen molar-refractivity contribution in [2.24, 2.45) is 0 Å². The molecule has 0 saturated carbocycles. The van der Waals surface area contributed by atoms with Crippen molar-refractivity contribution < 1.29 is 8.78 Å². The van der Waals surface area contributed by atoms with Gasteiger partial charge in [0.05, 0.1) is 16.3 Å². The lowest BCUT2D eigenvalue weighted by Gasteiger charge is -2.10. The van der Waals surface area contributed by atoms with Crippen molar-refractivity contribution in [1.82, 2.24) is 0 Å². The summed E-state index contributed by atoms with van der Waals surface area (Å²) in [5.74, 6) is -1.02. The van der Waals surface area contributed by atoms with E-state index < -0.39 is 5.82 Å². The second kappa shape index (κ2) is 5.04. The summed E-state index contributed by atoms with van der Waals surface area (Å²) in [5, 5.41) is -0.159. The summed E-state index contributed by atoms with van der Waals surface area (Å²) in [4.78, 5) is 0.837. The Labute approximate surface area is 112 Å². The maximum absolute atomic E-state index is 13.9. The van der Waals surface area contributed by atoms with E-state index in [4.69, 9.17) is 23.1 Å². The predicted molar refractivity (Wildman–Crippen MR) is 70.8 cm³/mol. The van der Waals surface area contributed by atoms with E-state index in [1.54, 1.807) is 0 Å². The first-order chi connectivity index (χ1) is 8.49. The normalized spacial score (nSPS) is 10.6. The molecule has 6 heteroatoms. The highest BCUT2D eigenvalue weighted by molar-refractivity contribution is 7.99. The molecule has 0 bridgehead atoms. The summed E-state index contributed by atoms with van der Waals surface area (Å²) in [6.45, 7) is 0. The Morgan fingerprint density at radius 3 is 2.22 bits per heavy atom. The van der Waals surface area contributed by atoms with Crippen LogP contribution in [0.3, 0.4) is 0 Å². The van der Waals surface area contributed by atoms with Crippen LogP contribution in [-0.4, -0.2) is 0 Å². The van der Waals surface area contributed by atoms with E-state index in [0.717, 1.165) is 11.8 Å². The molecule has 94 valence electrons. The molecule has 2 aromatic carbocycles. The van der Waals surface area contributed by atoms with Gasteiger partial charge in [-0.05, 0) is 30.3 Å². The molecule has 0 fully saturated rings. The van der Waals surface area contributed by atoms with Crippen molar-refractivity contribution >= 4 is 34.7 Å². The molecule has 0 aliphatic carbocycles. The molecular weight excluding hydrogens is 278 g/mol. The quantitative estimate of drug-likeness (QED) is 0.822. The Morgan fingerprint density at radius 2 is 1.61 bits per heavy atom. The lowest BCUT2D eigenvalue weighted by atomic mass is 10.3. The van der Waals surface area contributed by atoms with Gasteiger partial charge < -0.3 is 11.5 Å². The number of nitrogens with two attached hydrogens (primary N) is 2. The standard InChI is InChI=1S/C12H9ClF2N2S/c13-10-8(16)5-9(17)12(11(10)15)18-7-3-1-6(14)2-4-7/h1-5H,16-17H2. The van der Waals surface area contributed by atoms with Gasteiger partial charge in [-0.1, -0.05) is 23.4 Å². The molecule has 0 aromatic heterocycles. The molecule has 18 heavy (non-hydrogen) atoms. The third-order valence-electron chi connectivity index (χ3n) is 2.25. The van der Waals surface area contributed by atoms with Gasteiger partial charge in [0, 0.05) is 4.90 Å². The predicted octanol–water partition coefficient (Wildman–Crippen LogP) is 3.93. The van der Waals surface area contributed by atoms with Crippen LogP contribution in [0.25, 0.3) is 0 Å². The van der Waals surface area contributed by atoms with Gasteiger partial charge in [-0.25, -0.2) is 8.78 Å². The van der Waals surface area contributed by atoms with Crippen LogP contribution in [0.2, 0.25) is 5.02 Å². The third-order valence-corrected chi connectivity index (χ3v) is 3.76. The number of anilines is 2. The number of halogens is 3. The summed E-state index contributed by atoms with van der Waals surface area (Å²) in [6.07, 6.45) is 0. The summed E-state index contributed by atoms with van der Waals surface area (Å²) < 4.78 is 26.7. The molecule has 0 heterocycles. The summed E-state index contributed by atoms with van der Waals surface area (Å²) in [7, 11) is 0. The Balaban J connectivity index is 2.40. The van der Waals surface area contributed by atoms with Crippen LogP contribution < -0.4 is 11.5 Å². The summed E-state index contributed by atoms with van der Waals surface area (Å²) >= 11 is 6.78. The minimum absolute atomic E-state index is 0.0927. The fraction of sp³-hybridized carbons (Fsp3) is 0. The van der Waals surface area contributed by atoms with Gasteiger partial charge in [0.2, 0.25) is 0 Å². The van der Waals surface area contributed by atoms with Crippen LogP contribution in [0.5, 0.6) is 0 Å². The van der Waals surface area contributed by atoms with Gasteiger partial charge >= 0.3 is 0 Å². The van der Waals surface area contributed by atoms with Crippen molar-refractivity contribution in [3.05, 3.63) is 47.0 Å². The van der Waals surface area contributed by atoms with E-state index >= 15 is 0 Å². The van der Waals surface area contributed by atoms with Crippen LogP contribution in [0, 0.1) is 11.6 Å². The maximum Gasteiger partial charge on any atom is 0.159 e. The van der Waals surface area contributed by atoms with Gasteiger partial charge in [-0.15, -0.1) is 0 Å².